The van der Waals surface area contributed by atoms with Crippen molar-refractivity contribution in [2.75, 3.05) is 11.1 Å². The Labute approximate surface area is 207 Å². The van der Waals surface area contributed by atoms with Crippen LogP contribution in [0.5, 0.6) is 0 Å². The predicted molar refractivity (Wildman–Crippen MR) is 141 cm³/mol. The van der Waals surface area contributed by atoms with Gasteiger partial charge in [-0.3, -0.25) is 9.36 Å². The van der Waals surface area contributed by atoms with Gasteiger partial charge in [0.05, 0.1) is 28.8 Å². The first-order chi connectivity index (χ1) is 17.5. The molecule has 0 amide bonds. The van der Waals surface area contributed by atoms with Crippen molar-refractivity contribution in [1.82, 2.24) is 19.5 Å². The number of aromatic nitrogens is 4. The average Bonchev–Trinajstić information content (AvgIpc) is 2.89. The van der Waals surface area contributed by atoms with Crippen molar-refractivity contribution in [3.05, 3.63) is 106 Å². The number of aryl methyl sites for hydroxylation is 1. The summed E-state index contributed by atoms with van der Waals surface area (Å²) in [5.74, 6) is 0.791. The van der Waals surface area contributed by atoms with Gasteiger partial charge in [-0.05, 0) is 43.2 Å². The first kappa shape index (κ1) is 22.7. The maximum absolute atomic E-state index is 14.2. The van der Waals surface area contributed by atoms with Crippen LogP contribution in [0.2, 0.25) is 0 Å². The highest BCUT2D eigenvalue weighted by Crippen LogP contribution is 2.29. The van der Waals surface area contributed by atoms with E-state index < -0.39 is 6.04 Å². The van der Waals surface area contributed by atoms with Crippen LogP contribution in [0.1, 0.15) is 29.9 Å². The zero-order valence-electron chi connectivity index (χ0n) is 19.8. The summed E-state index contributed by atoms with van der Waals surface area (Å²) in [5.41, 5.74) is 9.95. The first-order valence-corrected chi connectivity index (χ1v) is 11.4. The lowest BCUT2D eigenvalue weighted by molar-refractivity contribution is 0.731. The van der Waals surface area contributed by atoms with Gasteiger partial charge in [0.1, 0.15) is 23.3 Å². The van der Waals surface area contributed by atoms with Crippen LogP contribution in [0.15, 0.2) is 83.8 Å². The molecule has 8 heteroatoms. The minimum atomic E-state index is -0.494. The molecular formula is C28H23N7O. The molecule has 0 bridgehead atoms. The Kier molecular flexibility index (Phi) is 5.88. The molecule has 36 heavy (non-hydrogen) atoms. The van der Waals surface area contributed by atoms with Crippen molar-refractivity contribution in [3.63, 3.8) is 0 Å². The Bertz CT molecular complexity index is 1690. The number of hydrogen-bond donors (Lipinski definition) is 2. The van der Waals surface area contributed by atoms with Gasteiger partial charge in [-0.2, -0.15) is 10.2 Å². The Balaban J connectivity index is 1.75. The standard InChI is InChI=1S/C28H23N7O/c1-17-8-6-9-19(14-17)22-12-7-13-23-24(22)27(36)35(21-10-4-3-5-11-21)26(33-23)18(2)32-25-20(15-29)16-31-28(30)34-25/h3-14,16,18H,1-2H3,(H3,30,31,32,34). The molecular weight excluding hydrogens is 450 g/mol. The monoisotopic (exact) mass is 473 g/mol. The van der Waals surface area contributed by atoms with Crippen LogP contribution in [0.25, 0.3) is 27.7 Å². The number of nitrogens with two attached hydrogens (primary N) is 1. The Morgan fingerprint density at radius 3 is 2.56 bits per heavy atom. The maximum Gasteiger partial charge on any atom is 0.266 e. The number of nitrogens with one attached hydrogen (secondary N) is 1. The smallest absolute Gasteiger partial charge is 0.266 e. The number of benzene rings is 3. The Hall–Kier alpha value is -5.03. The van der Waals surface area contributed by atoms with E-state index in [1.165, 1.54) is 6.20 Å². The van der Waals surface area contributed by atoms with Crippen molar-refractivity contribution in [1.29, 1.82) is 5.26 Å². The van der Waals surface area contributed by atoms with Crippen LogP contribution in [-0.4, -0.2) is 19.5 Å². The topological polar surface area (TPSA) is 123 Å². The van der Waals surface area contributed by atoms with Crippen molar-refractivity contribution in [2.45, 2.75) is 19.9 Å². The van der Waals surface area contributed by atoms with E-state index in [2.05, 4.69) is 27.4 Å². The first-order valence-electron chi connectivity index (χ1n) is 11.4. The van der Waals surface area contributed by atoms with Gasteiger partial charge in [0, 0.05) is 0 Å². The second-order valence-corrected chi connectivity index (χ2v) is 8.48. The normalized spacial score (nSPS) is 11.7. The summed E-state index contributed by atoms with van der Waals surface area (Å²) in [4.78, 5) is 27.2. The van der Waals surface area contributed by atoms with Gasteiger partial charge in [0.15, 0.2) is 0 Å². The van der Waals surface area contributed by atoms with Gasteiger partial charge in [0.2, 0.25) is 5.95 Å². The summed E-state index contributed by atoms with van der Waals surface area (Å²) in [7, 11) is 0. The zero-order chi connectivity index (χ0) is 25.2. The fourth-order valence-electron chi connectivity index (χ4n) is 4.27. The SMILES string of the molecule is Cc1cccc(-c2cccc3nc(C(C)Nc4nc(N)ncc4C#N)n(-c4ccccc4)c(=O)c23)c1. The fraction of sp³-hybridized carbons (Fsp3) is 0.107. The molecule has 0 spiro atoms. The van der Waals surface area contributed by atoms with Gasteiger partial charge in [0.25, 0.3) is 5.56 Å². The number of nitrogen functional groups attached to an aromatic ring is 1. The second kappa shape index (κ2) is 9.31. The van der Waals surface area contributed by atoms with Crippen molar-refractivity contribution in [3.8, 4) is 22.9 Å². The van der Waals surface area contributed by atoms with Crippen LogP contribution in [0, 0.1) is 18.3 Å². The average molecular weight is 474 g/mol. The lowest BCUT2D eigenvalue weighted by Crippen LogP contribution is -2.28. The third kappa shape index (κ3) is 4.14. The maximum atomic E-state index is 14.2. The molecule has 3 aromatic carbocycles. The van der Waals surface area contributed by atoms with Gasteiger partial charge < -0.3 is 11.1 Å². The van der Waals surface area contributed by atoms with Crippen LogP contribution in [-0.2, 0) is 0 Å². The van der Waals surface area contributed by atoms with Crippen molar-refractivity contribution < 1.29 is 0 Å². The second-order valence-electron chi connectivity index (χ2n) is 8.48. The molecule has 1 atom stereocenters. The summed E-state index contributed by atoms with van der Waals surface area (Å²) >= 11 is 0. The van der Waals surface area contributed by atoms with E-state index >= 15 is 0 Å². The highest BCUT2D eigenvalue weighted by Gasteiger charge is 2.21. The molecule has 0 saturated carbocycles. The van der Waals surface area contributed by atoms with E-state index in [1.807, 2.05) is 80.6 Å². The number of anilines is 2. The molecule has 0 aliphatic heterocycles. The van der Waals surface area contributed by atoms with Crippen LogP contribution in [0.4, 0.5) is 11.8 Å². The molecule has 3 N–H and O–H groups in total. The quantitative estimate of drug-likeness (QED) is 0.377. The molecule has 1 unspecified atom stereocenters. The number of para-hydroxylation sites is 1. The van der Waals surface area contributed by atoms with Crippen LogP contribution < -0.4 is 16.6 Å². The number of fused-ring (bicyclic) bond motifs is 1. The molecule has 0 saturated heterocycles. The molecule has 2 heterocycles. The van der Waals surface area contributed by atoms with E-state index in [9.17, 15) is 10.1 Å². The number of nitriles is 1. The molecule has 0 fully saturated rings. The molecule has 0 aliphatic rings. The lowest BCUT2D eigenvalue weighted by Gasteiger charge is -2.21. The summed E-state index contributed by atoms with van der Waals surface area (Å²) in [6, 6.07) is 24.7. The minimum Gasteiger partial charge on any atom is -0.368 e. The molecule has 5 aromatic rings. The van der Waals surface area contributed by atoms with Gasteiger partial charge >= 0.3 is 0 Å². The summed E-state index contributed by atoms with van der Waals surface area (Å²) < 4.78 is 1.61. The molecule has 176 valence electrons. The molecule has 0 aliphatic carbocycles. The number of nitrogens with zero attached hydrogens (tertiary/aromatic N) is 5. The number of hydrogen-bond acceptors (Lipinski definition) is 7. The molecule has 5 rings (SSSR count). The predicted octanol–water partition coefficient (Wildman–Crippen LogP) is 4.78. The van der Waals surface area contributed by atoms with E-state index in [-0.39, 0.29) is 22.9 Å². The van der Waals surface area contributed by atoms with E-state index in [0.29, 0.717) is 22.4 Å². The van der Waals surface area contributed by atoms with Crippen molar-refractivity contribution >= 4 is 22.7 Å². The Morgan fingerprint density at radius 1 is 1.03 bits per heavy atom. The summed E-state index contributed by atoms with van der Waals surface area (Å²) in [6.45, 7) is 3.88. The lowest BCUT2D eigenvalue weighted by atomic mass is 9.99. The molecule has 8 nitrogen and oxygen atoms in total. The van der Waals surface area contributed by atoms with E-state index in [4.69, 9.17) is 10.7 Å². The summed E-state index contributed by atoms with van der Waals surface area (Å²) in [5, 5.41) is 13.2. The van der Waals surface area contributed by atoms with Crippen molar-refractivity contribution in [2.24, 2.45) is 0 Å². The zero-order valence-corrected chi connectivity index (χ0v) is 19.8. The Morgan fingerprint density at radius 2 is 1.81 bits per heavy atom. The molecule has 2 aromatic heterocycles. The minimum absolute atomic E-state index is 0.0402. The van der Waals surface area contributed by atoms with Crippen LogP contribution in [0.3, 0.4) is 0 Å². The summed E-state index contributed by atoms with van der Waals surface area (Å²) in [6.07, 6.45) is 1.36. The number of rotatable bonds is 5. The van der Waals surface area contributed by atoms with Gasteiger partial charge in [-0.1, -0.05) is 60.2 Å². The third-order valence-corrected chi connectivity index (χ3v) is 5.94. The highest BCUT2D eigenvalue weighted by molar-refractivity contribution is 5.94. The largest absolute Gasteiger partial charge is 0.368 e. The van der Waals surface area contributed by atoms with E-state index in [1.54, 1.807) is 4.57 Å². The van der Waals surface area contributed by atoms with Crippen LogP contribution >= 0.6 is 0 Å². The van der Waals surface area contributed by atoms with Gasteiger partial charge in [-0.25, -0.2) is 9.97 Å². The highest BCUT2D eigenvalue weighted by atomic mass is 16.1. The van der Waals surface area contributed by atoms with E-state index in [0.717, 1.165) is 16.7 Å². The fourth-order valence-corrected chi connectivity index (χ4v) is 4.27. The molecule has 0 radical (unpaired) electrons. The van der Waals surface area contributed by atoms with Gasteiger partial charge in [-0.15, -0.1) is 0 Å². The third-order valence-electron chi connectivity index (χ3n) is 5.94.